The topological polar surface area (TPSA) is 202 Å². The van der Waals surface area contributed by atoms with E-state index in [2.05, 4.69) is 0 Å². The second-order valence-electron chi connectivity index (χ2n) is 4.30. The number of aromatic hydroxyl groups is 6. The van der Waals surface area contributed by atoms with Crippen LogP contribution in [-0.4, -0.2) is 42.6 Å². The van der Waals surface area contributed by atoms with Gasteiger partial charge in [-0.1, -0.05) is 0 Å². The van der Waals surface area contributed by atoms with Crippen molar-refractivity contribution < 1.29 is 67.2 Å². The monoisotopic (exact) mass is 397 g/mol. The fourth-order valence-electron chi connectivity index (χ4n) is 1.44. The van der Waals surface area contributed by atoms with E-state index in [1.165, 1.54) is 0 Å². The molecule has 0 saturated carbocycles. The molecule has 11 heteroatoms. The van der Waals surface area contributed by atoms with Crippen LogP contribution >= 0.6 is 0 Å². The molecule has 25 heavy (non-hydrogen) atoms. The predicted molar refractivity (Wildman–Crippen MR) is 71.5 cm³/mol. The summed E-state index contributed by atoms with van der Waals surface area (Å²) in [5, 5.41) is 73.3. The quantitative estimate of drug-likeness (QED) is 0.318. The molecule has 2 aromatic rings. The summed E-state index contributed by atoms with van der Waals surface area (Å²) in [4.78, 5) is 20.4. The molecule has 2 aromatic carbocycles. The molecule has 0 aliphatic carbocycles. The second kappa shape index (κ2) is 8.51. The van der Waals surface area contributed by atoms with Crippen molar-refractivity contribution in [1.29, 1.82) is 0 Å². The largest absolute Gasteiger partial charge is 2.00 e. The zero-order valence-electron chi connectivity index (χ0n) is 12.0. The zero-order valence-corrected chi connectivity index (χ0v) is 13.0. The summed E-state index contributed by atoms with van der Waals surface area (Å²) in [6.07, 6.45) is 0. The Labute approximate surface area is 149 Å². The van der Waals surface area contributed by atoms with Crippen molar-refractivity contribution in [2.24, 2.45) is 0 Å². The molecular weight excluding hydrogens is 387 g/mol. The summed E-state index contributed by atoms with van der Waals surface area (Å²) in [5.74, 6) is -7.38. The Bertz CT molecular complexity index is 689. The number of hydrogen-bond acceptors (Lipinski definition) is 10. The van der Waals surface area contributed by atoms with Gasteiger partial charge < -0.3 is 50.4 Å². The maximum absolute atomic E-state index is 10.2. The summed E-state index contributed by atoms with van der Waals surface area (Å²) in [6.45, 7) is 0. The van der Waals surface area contributed by atoms with Crippen molar-refractivity contribution in [2.45, 2.75) is 0 Å². The molecule has 0 bridgehead atoms. The van der Waals surface area contributed by atoms with Crippen LogP contribution in [0.2, 0.25) is 0 Å². The molecule has 0 aromatic heterocycles. The molecule has 0 aliphatic heterocycles. The number of phenols is 6. The maximum atomic E-state index is 10.2. The summed E-state index contributed by atoms with van der Waals surface area (Å²) in [5.41, 5.74) is -0.800. The molecule has 135 valence electrons. The molecule has 0 spiro atoms. The molecule has 0 saturated heterocycles. The second-order valence-corrected chi connectivity index (χ2v) is 4.30. The van der Waals surface area contributed by atoms with Crippen molar-refractivity contribution in [1.82, 2.24) is 0 Å². The van der Waals surface area contributed by atoms with Crippen LogP contribution in [0.1, 0.15) is 20.7 Å². The van der Waals surface area contributed by atoms with Crippen molar-refractivity contribution >= 4 is 11.9 Å². The summed E-state index contributed by atoms with van der Waals surface area (Å²) in [6, 6.07) is 3.13. The van der Waals surface area contributed by atoms with E-state index >= 15 is 0 Å². The van der Waals surface area contributed by atoms with Crippen LogP contribution in [0, 0.1) is 0 Å². The first kappa shape index (κ1) is 21.7. The third kappa shape index (κ3) is 5.37. The summed E-state index contributed by atoms with van der Waals surface area (Å²) in [7, 11) is 0. The van der Waals surface area contributed by atoms with Crippen LogP contribution in [0.25, 0.3) is 0 Å². The zero-order chi connectivity index (χ0) is 18.6. The first-order valence-corrected chi connectivity index (χ1v) is 5.97. The van der Waals surface area contributed by atoms with Gasteiger partial charge in [0.15, 0.2) is 34.5 Å². The Kier molecular flexibility index (Phi) is 7.39. The third-order valence-electron chi connectivity index (χ3n) is 2.61. The van der Waals surface area contributed by atoms with Crippen molar-refractivity contribution in [3.8, 4) is 34.5 Å². The fraction of sp³-hybridized carbons (Fsp3) is 0. The van der Waals surface area contributed by atoms with Crippen LogP contribution in [0.15, 0.2) is 24.3 Å². The van der Waals surface area contributed by atoms with E-state index in [0.29, 0.717) is 0 Å². The van der Waals surface area contributed by atoms with E-state index in [1.807, 2.05) is 0 Å². The molecule has 0 amide bonds. The van der Waals surface area contributed by atoms with E-state index in [4.69, 9.17) is 30.6 Å². The Balaban J connectivity index is 0.000000443. The van der Waals surface area contributed by atoms with Gasteiger partial charge in [0.05, 0.1) is 11.9 Å². The molecule has 0 unspecified atom stereocenters. The van der Waals surface area contributed by atoms with Gasteiger partial charge in [-0.05, 0) is 24.3 Å². The summed E-state index contributed by atoms with van der Waals surface area (Å²) < 4.78 is 0. The van der Waals surface area contributed by atoms with Crippen molar-refractivity contribution in [3.63, 3.8) is 0 Å². The number of benzene rings is 2. The van der Waals surface area contributed by atoms with Crippen molar-refractivity contribution in [3.05, 3.63) is 35.4 Å². The Hall–Kier alpha value is -3.31. The minimum atomic E-state index is -1.54. The van der Waals surface area contributed by atoms with Gasteiger partial charge in [0, 0.05) is 11.1 Å². The first-order valence-electron chi connectivity index (χ1n) is 5.97. The van der Waals surface area contributed by atoms with Gasteiger partial charge in [0.1, 0.15) is 0 Å². The van der Waals surface area contributed by atoms with Crippen molar-refractivity contribution in [2.75, 3.05) is 0 Å². The number of rotatable bonds is 2. The van der Waals surface area contributed by atoms with E-state index in [1.54, 1.807) is 0 Å². The molecule has 2 rings (SSSR count). The Morgan fingerprint density at radius 1 is 0.600 bits per heavy atom. The number of phenolic OH excluding ortho intramolecular Hbond substituents is 6. The maximum Gasteiger partial charge on any atom is 2.00 e. The Morgan fingerprint density at radius 2 is 0.800 bits per heavy atom. The van der Waals surface area contributed by atoms with E-state index in [9.17, 15) is 19.8 Å². The first-order chi connectivity index (χ1) is 11.0. The average Bonchev–Trinajstić information content (AvgIpc) is 2.49. The molecule has 6 N–H and O–H groups in total. The number of carboxylic acids is 2. The van der Waals surface area contributed by atoms with Gasteiger partial charge >= 0.3 is 16.8 Å². The standard InChI is InChI=1S/2C7H6O5.Co/c2*8-4-1-3(7(11)12)2-5(9)6(4)10;/h2*1-2,8-10H,(H,11,12);/q;;+2/p-2. The molecule has 0 fully saturated rings. The van der Waals surface area contributed by atoms with E-state index in [0.717, 1.165) is 24.3 Å². The van der Waals surface area contributed by atoms with Gasteiger partial charge in [-0.25, -0.2) is 0 Å². The fourth-order valence-corrected chi connectivity index (χ4v) is 1.44. The van der Waals surface area contributed by atoms with Gasteiger partial charge in [0.25, 0.3) is 0 Å². The van der Waals surface area contributed by atoms with Gasteiger partial charge in [-0.15, -0.1) is 0 Å². The smallest absolute Gasteiger partial charge is 0.545 e. The minimum absolute atomic E-state index is 0. The van der Waals surface area contributed by atoms with Crippen LogP contribution in [0.4, 0.5) is 0 Å². The van der Waals surface area contributed by atoms with E-state index < -0.39 is 57.6 Å². The number of carbonyl (C=O) groups excluding carboxylic acids is 2. The SMILES string of the molecule is O=C([O-])c1cc(O)c(O)c(O)c1.O=C([O-])c1cc(O)c(O)c(O)c1.[Co+2]. The number of aromatic carboxylic acids is 2. The molecule has 10 nitrogen and oxygen atoms in total. The van der Waals surface area contributed by atoms with E-state index in [-0.39, 0.29) is 16.8 Å². The van der Waals surface area contributed by atoms with Crippen LogP contribution in [0.5, 0.6) is 34.5 Å². The molecule has 0 heterocycles. The molecule has 0 atom stereocenters. The molecule has 1 radical (unpaired) electrons. The average molecular weight is 397 g/mol. The predicted octanol–water partition coefficient (Wildman–Crippen LogP) is -1.67. The van der Waals surface area contributed by atoms with Gasteiger partial charge in [-0.2, -0.15) is 0 Å². The van der Waals surface area contributed by atoms with Gasteiger partial charge in [0.2, 0.25) is 0 Å². The third-order valence-corrected chi connectivity index (χ3v) is 2.61. The number of hydrogen-bond donors (Lipinski definition) is 6. The molecular formula is C14H10CoO10. The normalized spacial score (nSPS) is 9.28. The van der Waals surface area contributed by atoms with Crippen LogP contribution in [-0.2, 0) is 16.8 Å². The van der Waals surface area contributed by atoms with Crippen LogP contribution in [0.3, 0.4) is 0 Å². The minimum Gasteiger partial charge on any atom is -0.545 e. The Morgan fingerprint density at radius 3 is 0.960 bits per heavy atom. The molecule has 0 aliphatic rings. The van der Waals surface area contributed by atoms with Gasteiger partial charge in [-0.3, -0.25) is 0 Å². The number of carbonyl (C=O) groups is 2. The van der Waals surface area contributed by atoms with Crippen LogP contribution < -0.4 is 10.2 Å². The number of carboxylic acid groups (broad SMARTS) is 2. The summed E-state index contributed by atoms with van der Waals surface area (Å²) >= 11 is 0.